The fourth-order valence-corrected chi connectivity index (χ4v) is 3.88. The maximum absolute atomic E-state index is 13.0. The Labute approximate surface area is 187 Å². The summed E-state index contributed by atoms with van der Waals surface area (Å²) in [5, 5.41) is 11.5. The molecule has 0 radical (unpaired) electrons. The number of ketones is 1. The lowest BCUT2D eigenvalue weighted by Gasteiger charge is -2.25. The number of hydrogen-bond donors (Lipinski definition) is 1. The molecule has 1 heterocycles. The molecule has 7 heteroatoms. The first-order valence-electron chi connectivity index (χ1n) is 10.4. The predicted octanol–water partition coefficient (Wildman–Crippen LogP) is 4.97. The summed E-state index contributed by atoms with van der Waals surface area (Å²) in [5.74, 6) is -0.584. The van der Waals surface area contributed by atoms with Crippen molar-refractivity contribution in [3.8, 4) is 11.5 Å². The Morgan fingerprint density at radius 3 is 2.48 bits per heavy atom. The molecule has 0 aliphatic carbocycles. The average molecular weight is 444 g/mol. The highest BCUT2D eigenvalue weighted by molar-refractivity contribution is 6.46. The van der Waals surface area contributed by atoms with Crippen molar-refractivity contribution >= 4 is 29.1 Å². The molecule has 31 heavy (non-hydrogen) atoms. The van der Waals surface area contributed by atoms with E-state index in [1.165, 1.54) is 4.90 Å². The summed E-state index contributed by atoms with van der Waals surface area (Å²) in [6.45, 7) is 6.91. The molecule has 1 aliphatic heterocycles. The summed E-state index contributed by atoms with van der Waals surface area (Å²) in [6, 6.07) is 11.3. The molecule has 1 aliphatic rings. The van der Waals surface area contributed by atoms with Gasteiger partial charge in [0.2, 0.25) is 0 Å². The Bertz CT molecular complexity index is 1020. The van der Waals surface area contributed by atoms with Gasteiger partial charge in [-0.3, -0.25) is 9.59 Å². The molecule has 1 saturated heterocycles. The summed E-state index contributed by atoms with van der Waals surface area (Å²) in [6.07, 6.45) is 0.671. The predicted molar refractivity (Wildman–Crippen MR) is 120 cm³/mol. The summed E-state index contributed by atoms with van der Waals surface area (Å²) in [5.41, 5.74) is 1.09. The summed E-state index contributed by atoms with van der Waals surface area (Å²) < 4.78 is 11.1. The van der Waals surface area contributed by atoms with Crippen LogP contribution in [0.15, 0.2) is 48.0 Å². The van der Waals surface area contributed by atoms with Crippen LogP contribution in [0.1, 0.15) is 44.4 Å². The number of halogens is 1. The first-order valence-corrected chi connectivity index (χ1v) is 10.7. The SMILES string of the molecule is CCCN1C(=O)C(=O)/C(=C(\O)c2ccc(Cl)c(OCC)c2)C1c1cccc(OCC)c1. The Morgan fingerprint density at radius 2 is 1.81 bits per heavy atom. The third-order valence-electron chi connectivity index (χ3n) is 4.99. The zero-order valence-corrected chi connectivity index (χ0v) is 18.6. The van der Waals surface area contributed by atoms with Gasteiger partial charge in [0.15, 0.2) is 0 Å². The van der Waals surface area contributed by atoms with E-state index in [1.54, 1.807) is 24.3 Å². The summed E-state index contributed by atoms with van der Waals surface area (Å²) >= 11 is 6.16. The Morgan fingerprint density at radius 1 is 1.06 bits per heavy atom. The Balaban J connectivity index is 2.17. The number of likely N-dealkylation sites (tertiary alicyclic amines) is 1. The number of carbonyl (C=O) groups is 2. The Kier molecular flexibility index (Phi) is 7.23. The number of ether oxygens (including phenoxy) is 2. The number of aliphatic hydroxyl groups is 1. The van der Waals surface area contributed by atoms with E-state index in [1.807, 2.05) is 39.0 Å². The average Bonchev–Trinajstić information content (AvgIpc) is 3.01. The zero-order valence-electron chi connectivity index (χ0n) is 17.9. The number of Topliss-reactive ketones (excluding diaryl/α,β-unsaturated/α-hetero) is 1. The van der Waals surface area contributed by atoms with E-state index in [0.717, 1.165) is 0 Å². The van der Waals surface area contributed by atoms with Crippen LogP contribution in [0.25, 0.3) is 5.76 Å². The standard InChI is InChI=1S/C24H26ClNO5/c1-4-12-26-21(15-8-7-9-17(13-15)30-5-2)20(23(28)24(26)29)22(27)16-10-11-18(25)19(14-16)31-6-3/h7-11,13-14,21,27H,4-6,12H2,1-3H3/b22-20-. The van der Waals surface area contributed by atoms with E-state index in [4.69, 9.17) is 21.1 Å². The van der Waals surface area contributed by atoms with Crippen LogP contribution in [-0.2, 0) is 9.59 Å². The molecular weight excluding hydrogens is 418 g/mol. The van der Waals surface area contributed by atoms with Crippen molar-refractivity contribution in [1.82, 2.24) is 4.90 Å². The number of rotatable bonds is 8. The van der Waals surface area contributed by atoms with Crippen molar-refractivity contribution in [3.63, 3.8) is 0 Å². The van der Waals surface area contributed by atoms with Crippen LogP contribution < -0.4 is 9.47 Å². The minimum Gasteiger partial charge on any atom is -0.507 e. The monoisotopic (exact) mass is 443 g/mol. The van der Waals surface area contributed by atoms with Gasteiger partial charge in [-0.15, -0.1) is 0 Å². The molecule has 0 spiro atoms. The van der Waals surface area contributed by atoms with Crippen molar-refractivity contribution in [3.05, 3.63) is 64.2 Å². The van der Waals surface area contributed by atoms with E-state index in [-0.39, 0.29) is 11.3 Å². The van der Waals surface area contributed by atoms with E-state index < -0.39 is 17.7 Å². The number of benzene rings is 2. The minimum absolute atomic E-state index is 0.0388. The first-order chi connectivity index (χ1) is 14.9. The topological polar surface area (TPSA) is 76.1 Å². The van der Waals surface area contributed by atoms with Gasteiger partial charge in [-0.2, -0.15) is 0 Å². The van der Waals surface area contributed by atoms with Gasteiger partial charge in [-0.1, -0.05) is 30.7 Å². The molecule has 2 aromatic rings. The highest BCUT2D eigenvalue weighted by Gasteiger charge is 2.45. The third-order valence-corrected chi connectivity index (χ3v) is 5.31. The van der Waals surface area contributed by atoms with Gasteiger partial charge in [-0.25, -0.2) is 0 Å². The second-order valence-electron chi connectivity index (χ2n) is 7.08. The molecule has 0 saturated carbocycles. The van der Waals surface area contributed by atoms with Gasteiger partial charge in [0.05, 0.1) is 29.9 Å². The van der Waals surface area contributed by atoms with E-state index in [2.05, 4.69) is 0 Å². The van der Waals surface area contributed by atoms with Crippen LogP contribution >= 0.6 is 11.6 Å². The lowest BCUT2D eigenvalue weighted by Crippen LogP contribution is -2.30. The molecule has 3 rings (SSSR count). The molecule has 1 amide bonds. The fraction of sp³-hybridized carbons (Fsp3) is 0.333. The molecule has 0 aromatic heterocycles. The molecule has 164 valence electrons. The summed E-state index contributed by atoms with van der Waals surface area (Å²) in [4.78, 5) is 27.3. The highest BCUT2D eigenvalue weighted by atomic mass is 35.5. The van der Waals surface area contributed by atoms with Gasteiger partial charge in [-0.05, 0) is 56.2 Å². The van der Waals surface area contributed by atoms with Crippen LogP contribution in [0.3, 0.4) is 0 Å². The molecular formula is C24H26ClNO5. The number of aliphatic hydroxyl groups excluding tert-OH is 1. The molecule has 1 N–H and O–H groups in total. The number of carbonyl (C=O) groups excluding carboxylic acids is 2. The van der Waals surface area contributed by atoms with Crippen LogP contribution in [0.4, 0.5) is 0 Å². The molecule has 0 bridgehead atoms. The van der Waals surface area contributed by atoms with Crippen molar-refractivity contribution in [1.29, 1.82) is 0 Å². The molecule has 1 fully saturated rings. The Hall–Kier alpha value is -2.99. The van der Waals surface area contributed by atoms with E-state index in [9.17, 15) is 14.7 Å². The van der Waals surface area contributed by atoms with E-state index in [0.29, 0.717) is 53.8 Å². The first kappa shape index (κ1) is 22.7. The fourth-order valence-electron chi connectivity index (χ4n) is 3.71. The lowest BCUT2D eigenvalue weighted by atomic mass is 9.95. The molecule has 1 unspecified atom stereocenters. The number of nitrogens with zero attached hydrogens (tertiary/aromatic N) is 1. The van der Waals surface area contributed by atoms with Crippen molar-refractivity contribution in [2.45, 2.75) is 33.2 Å². The molecule has 2 aromatic carbocycles. The van der Waals surface area contributed by atoms with E-state index >= 15 is 0 Å². The van der Waals surface area contributed by atoms with Gasteiger partial charge in [0, 0.05) is 12.1 Å². The second kappa shape index (κ2) is 9.88. The van der Waals surface area contributed by atoms with Gasteiger partial charge in [0.1, 0.15) is 17.3 Å². The highest BCUT2D eigenvalue weighted by Crippen LogP contribution is 2.41. The largest absolute Gasteiger partial charge is 0.507 e. The zero-order chi connectivity index (χ0) is 22.5. The van der Waals surface area contributed by atoms with Crippen molar-refractivity contribution < 1.29 is 24.2 Å². The normalized spacial score (nSPS) is 17.8. The minimum atomic E-state index is -0.717. The maximum Gasteiger partial charge on any atom is 0.295 e. The van der Waals surface area contributed by atoms with Gasteiger partial charge in [0.25, 0.3) is 11.7 Å². The van der Waals surface area contributed by atoms with Crippen LogP contribution in [0.5, 0.6) is 11.5 Å². The molecule has 6 nitrogen and oxygen atoms in total. The number of amides is 1. The van der Waals surface area contributed by atoms with Crippen LogP contribution in [0, 0.1) is 0 Å². The smallest absolute Gasteiger partial charge is 0.295 e. The maximum atomic E-state index is 13.0. The third kappa shape index (κ3) is 4.54. The lowest BCUT2D eigenvalue weighted by molar-refractivity contribution is -0.139. The van der Waals surface area contributed by atoms with Gasteiger partial charge < -0.3 is 19.5 Å². The van der Waals surface area contributed by atoms with Crippen molar-refractivity contribution in [2.75, 3.05) is 19.8 Å². The number of hydrogen-bond acceptors (Lipinski definition) is 5. The van der Waals surface area contributed by atoms with Crippen LogP contribution in [0.2, 0.25) is 5.02 Å². The van der Waals surface area contributed by atoms with Crippen LogP contribution in [-0.4, -0.2) is 41.5 Å². The van der Waals surface area contributed by atoms with Gasteiger partial charge >= 0.3 is 0 Å². The quantitative estimate of drug-likeness (QED) is 0.354. The second-order valence-corrected chi connectivity index (χ2v) is 7.48. The molecule has 1 atom stereocenters. The summed E-state index contributed by atoms with van der Waals surface area (Å²) in [7, 11) is 0. The van der Waals surface area contributed by atoms with Crippen molar-refractivity contribution in [2.24, 2.45) is 0 Å².